The highest BCUT2D eigenvalue weighted by Crippen LogP contribution is 2.43. The Morgan fingerprint density at radius 2 is 0.786 bits per heavy atom. The average Bonchev–Trinajstić information content (AvgIpc) is 3.84. The molecular weight excluding hydrogens is 687 g/mol. The predicted molar refractivity (Wildman–Crippen MR) is 227 cm³/mol. The molecule has 0 aliphatic carbocycles. The normalized spacial score (nSPS) is 11.6. The number of furan rings is 2. The van der Waals surface area contributed by atoms with Crippen LogP contribution in [0.3, 0.4) is 0 Å². The summed E-state index contributed by atoms with van der Waals surface area (Å²) in [6.45, 7) is 0. The van der Waals surface area contributed by atoms with Crippen LogP contribution in [0.15, 0.2) is 197 Å². The van der Waals surface area contributed by atoms with Crippen LogP contribution in [0.2, 0.25) is 0 Å². The Labute approximate surface area is 322 Å². The fourth-order valence-electron chi connectivity index (χ4n) is 7.85. The van der Waals surface area contributed by atoms with E-state index in [9.17, 15) is 0 Å². The topological polar surface area (TPSA) is 65.0 Å². The first-order valence-corrected chi connectivity index (χ1v) is 18.7. The average molecular weight is 718 g/mol. The van der Waals surface area contributed by atoms with E-state index in [2.05, 4.69) is 109 Å². The Balaban J connectivity index is 1.01. The fourth-order valence-corrected chi connectivity index (χ4v) is 7.85. The Kier molecular flexibility index (Phi) is 7.42. The van der Waals surface area contributed by atoms with Gasteiger partial charge in [0.15, 0.2) is 17.5 Å². The third-order valence-electron chi connectivity index (χ3n) is 10.6. The number of benzene rings is 8. The van der Waals surface area contributed by atoms with Crippen molar-refractivity contribution in [1.29, 1.82) is 0 Å². The second kappa shape index (κ2) is 13.0. The number of hydrogen-bond acceptors (Lipinski definition) is 5. The van der Waals surface area contributed by atoms with Crippen molar-refractivity contribution in [2.75, 3.05) is 0 Å². The van der Waals surface area contributed by atoms with Gasteiger partial charge in [-0.25, -0.2) is 15.0 Å². The molecule has 3 aromatic heterocycles. The molecule has 11 rings (SSSR count). The van der Waals surface area contributed by atoms with Crippen LogP contribution in [-0.2, 0) is 0 Å². The third-order valence-corrected chi connectivity index (χ3v) is 10.6. The van der Waals surface area contributed by atoms with Crippen LogP contribution in [0.5, 0.6) is 0 Å². The predicted octanol–water partition coefficient (Wildman–Crippen LogP) is 13.7. The van der Waals surface area contributed by atoms with Gasteiger partial charge in [-0.05, 0) is 75.8 Å². The quantitative estimate of drug-likeness (QED) is 0.171. The van der Waals surface area contributed by atoms with Crippen LogP contribution >= 0.6 is 0 Å². The summed E-state index contributed by atoms with van der Waals surface area (Å²) in [7, 11) is 0. The standard InChI is InChI=1S/C51H31N3O2/c1-4-13-32(14-5-1)35-25-28-44-43(29-35)40-26-23-36(30-46(40)55-44)38-19-10-11-20-39(38)41-21-12-22-45-48(41)42-27-24-37(31-47(42)56-45)51-53-49(33-15-6-2-7-16-33)52-50(54-51)34-17-8-3-9-18-34/h1-31H. The summed E-state index contributed by atoms with van der Waals surface area (Å²) in [6.07, 6.45) is 0. The summed E-state index contributed by atoms with van der Waals surface area (Å²) >= 11 is 0. The number of rotatable bonds is 6. The zero-order valence-electron chi connectivity index (χ0n) is 30.1. The summed E-state index contributed by atoms with van der Waals surface area (Å²) in [6, 6.07) is 64.6. The fraction of sp³-hybridized carbons (Fsp3) is 0. The maximum absolute atomic E-state index is 6.60. The molecule has 0 aliphatic heterocycles. The van der Waals surface area contributed by atoms with Crippen LogP contribution in [-0.4, -0.2) is 15.0 Å². The van der Waals surface area contributed by atoms with E-state index in [1.165, 1.54) is 11.1 Å². The lowest BCUT2D eigenvalue weighted by Crippen LogP contribution is -2.00. The first-order valence-electron chi connectivity index (χ1n) is 18.7. The van der Waals surface area contributed by atoms with Crippen molar-refractivity contribution >= 4 is 43.9 Å². The largest absolute Gasteiger partial charge is 0.456 e. The molecule has 0 aliphatic rings. The van der Waals surface area contributed by atoms with E-state index in [0.717, 1.165) is 82.8 Å². The monoisotopic (exact) mass is 717 g/mol. The SMILES string of the molecule is c1ccc(-c2ccc3oc4cc(-c5ccccc5-c5cccc6oc7cc(-c8nc(-c9ccccc9)nc(-c9ccccc9)n8)ccc7c56)ccc4c3c2)cc1. The molecule has 0 N–H and O–H groups in total. The van der Waals surface area contributed by atoms with Crippen LogP contribution in [0.4, 0.5) is 0 Å². The highest BCUT2D eigenvalue weighted by Gasteiger charge is 2.19. The molecule has 0 amide bonds. The molecule has 11 aromatic rings. The first-order chi connectivity index (χ1) is 27.7. The second-order valence-electron chi connectivity index (χ2n) is 14.0. The van der Waals surface area contributed by atoms with Gasteiger partial charge in [-0.1, -0.05) is 146 Å². The number of fused-ring (bicyclic) bond motifs is 6. The molecular formula is C51H31N3O2. The highest BCUT2D eigenvalue weighted by atomic mass is 16.3. The molecule has 0 saturated heterocycles. The van der Waals surface area contributed by atoms with Crippen molar-refractivity contribution in [3.05, 3.63) is 188 Å². The van der Waals surface area contributed by atoms with Gasteiger partial charge in [-0.15, -0.1) is 0 Å². The maximum atomic E-state index is 6.60. The van der Waals surface area contributed by atoms with Gasteiger partial charge in [0, 0.05) is 38.2 Å². The molecule has 8 aromatic carbocycles. The minimum atomic E-state index is 0.586. The van der Waals surface area contributed by atoms with E-state index in [4.69, 9.17) is 23.8 Å². The molecule has 0 fully saturated rings. The van der Waals surface area contributed by atoms with Gasteiger partial charge < -0.3 is 8.83 Å². The highest BCUT2D eigenvalue weighted by molar-refractivity contribution is 6.14. The molecule has 0 spiro atoms. The van der Waals surface area contributed by atoms with Gasteiger partial charge in [0.1, 0.15) is 22.3 Å². The van der Waals surface area contributed by atoms with Crippen molar-refractivity contribution in [3.63, 3.8) is 0 Å². The minimum Gasteiger partial charge on any atom is -0.456 e. The zero-order valence-corrected chi connectivity index (χ0v) is 30.1. The lowest BCUT2D eigenvalue weighted by atomic mass is 9.91. The van der Waals surface area contributed by atoms with Gasteiger partial charge in [-0.3, -0.25) is 0 Å². The van der Waals surface area contributed by atoms with Crippen molar-refractivity contribution in [1.82, 2.24) is 15.0 Å². The summed E-state index contributed by atoms with van der Waals surface area (Å²) in [4.78, 5) is 14.8. The zero-order chi connectivity index (χ0) is 37.0. The Morgan fingerprint density at radius 1 is 0.268 bits per heavy atom. The molecule has 56 heavy (non-hydrogen) atoms. The molecule has 0 radical (unpaired) electrons. The molecule has 5 nitrogen and oxygen atoms in total. The molecule has 0 atom stereocenters. The van der Waals surface area contributed by atoms with Crippen LogP contribution in [0.25, 0.3) is 111 Å². The minimum absolute atomic E-state index is 0.586. The molecule has 3 heterocycles. The van der Waals surface area contributed by atoms with Gasteiger partial charge >= 0.3 is 0 Å². The third kappa shape index (κ3) is 5.45. The number of nitrogens with zero attached hydrogens (tertiary/aromatic N) is 3. The van der Waals surface area contributed by atoms with E-state index in [1.54, 1.807) is 0 Å². The van der Waals surface area contributed by atoms with E-state index in [-0.39, 0.29) is 0 Å². The van der Waals surface area contributed by atoms with E-state index >= 15 is 0 Å². The van der Waals surface area contributed by atoms with E-state index < -0.39 is 0 Å². The lowest BCUT2D eigenvalue weighted by Gasteiger charge is -2.11. The first kappa shape index (κ1) is 31.9. The van der Waals surface area contributed by atoms with Crippen molar-refractivity contribution < 1.29 is 8.83 Å². The van der Waals surface area contributed by atoms with Crippen LogP contribution in [0.1, 0.15) is 0 Å². The van der Waals surface area contributed by atoms with E-state index in [0.29, 0.717) is 17.5 Å². The van der Waals surface area contributed by atoms with E-state index in [1.807, 2.05) is 78.9 Å². The summed E-state index contributed by atoms with van der Waals surface area (Å²) in [5.41, 5.74) is 12.8. The summed E-state index contributed by atoms with van der Waals surface area (Å²) in [5.74, 6) is 1.83. The molecule has 0 saturated carbocycles. The second-order valence-corrected chi connectivity index (χ2v) is 14.0. The molecule has 0 unspecified atom stereocenters. The Hall–Kier alpha value is -7.63. The van der Waals surface area contributed by atoms with Crippen molar-refractivity contribution in [3.8, 4) is 67.5 Å². The van der Waals surface area contributed by atoms with Gasteiger partial charge in [-0.2, -0.15) is 0 Å². The van der Waals surface area contributed by atoms with Crippen molar-refractivity contribution in [2.24, 2.45) is 0 Å². The Morgan fingerprint density at radius 3 is 1.50 bits per heavy atom. The number of hydrogen-bond donors (Lipinski definition) is 0. The van der Waals surface area contributed by atoms with Gasteiger partial charge in [0.05, 0.1) is 0 Å². The summed E-state index contributed by atoms with van der Waals surface area (Å²) in [5, 5.41) is 4.30. The number of aromatic nitrogens is 3. The molecule has 262 valence electrons. The van der Waals surface area contributed by atoms with Crippen LogP contribution in [0, 0.1) is 0 Å². The van der Waals surface area contributed by atoms with Crippen LogP contribution < -0.4 is 0 Å². The molecule has 0 bridgehead atoms. The van der Waals surface area contributed by atoms with Gasteiger partial charge in [0.25, 0.3) is 0 Å². The summed E-state index contributed by atoms with van der Waals surface area (Å²) < 4.78 is 13.0. The van der Waals surface area contributed by atoms with Gasteiger partial charge in [0.2, 0.25) is 0 Å². The Bertz CT molecular complexity index is 3180. The smallest absolute Gasteiger partial charge is 0.164 e. The van der Waals surface area contributed by atoms with Crippen molar-refractivity contribution in [2.45, 2.75) is 0 Å². The maximum Gasteiger partial charge on any atom is 0.164 e. The molecule has 5 heteroatoms. The lowest BCUT2D eigenvalue weighted by molar-refractivity contribution is 0.668.